The number of nitrogens with zero attached hydrogens (tertiary/aromatic N) is 2. The average Bonchev–Trinajstić information content (AvgIpc) is 2.12. The predicted octanol–water partition coefficient (Wildman–Crippen LogP) is 0.111. The normalized spacial score (nSPS) is 18.0. The summed E-state index contributed by atoms with van der Waals surface area (Å²) < 4.78 is 4.94. The molecule has 0 aliphatic carbocycles. The maximum atomic E-state index is 9.95. The van der Waals surface area contributed by atoms with Crippen molar-refractivity contribution in [2.75, 3.05) is 20.2 Å². The van der Waals surface area contributed by atoms with E-state index in [1.54, 1.807) is 7.11 Å². The second-order valence-electron chi connectivity index (χ2n) is 4.59. The van der Waals surface area contributed by atoms with E-state index in [-0.39, 0.29) is 5.60 Å². The Morgan fingerprint density at radius 1 is 1.53 bits per heavy atom. The molecule has 15 heavy (non-hydrogen) atoms. The van der Waals surface area contributed by atoms with Crippen molar-refractivity contribution in [3.63, 3.8) is 0 Å². The minimum atomic E-state index is -0.763. The van der Waals surface area contributed by atoms with Gasteiger partial charge in [-0.25, -0.2) is 0 Å². The maximum absolute atomic E-state index is 9.95. The van der Waals surface area contributed by atoms with Crippen LogP contribution in [0.1, 0.15) is 20.8 Å². The largest absolute Gasteiger partial charge is 0.379 e. The number of hydrogen-bond acceptors (Lipinski definition) is 4. The van der Waals surface area contributed by atoms with Crippen LogP contribution in [-0.4, -0.2) is 42.6 Å². The van der Waals surface area contributed by atoms with Gasteiger partial charge in [0.05, 0.1) is 24.8 Å². The monoisotopic (exact) mass is 213 g/mol. The lowest BCUT2D eigenvalue weighted by Crippen LogP contribution is -2.65. The van der Waals surface area contributed by atoms with E-state index in [1.165, 1.54) is 4.90 Å². The number of hydrogen-bond donors (Lipinski definition) is 1. The Morgan fingerprint density at radius 2 is 1.93 bits per heavy atom. The zero-order chi connectivity index (χ0) is 12.1. The predicted molar refractivity (Wildman–Crippen MR) is 56.9 cm³/mol. The van der Waals surface area contributed by atoms with Crippen molar-refractivity contribution >= 4 is 6.41 Å². The third-order valence-electron chi connectivity index (χ3n) is 1.95. The van der Waals surface area contributed by atoms with Gasteiger partial charge in [-0.15, -0.1) is 0 Å². The lowest BCUT2D eigenvalue weighted by Gasteiger charge is -2.40. The molecule has 0 spiro atoms. The SMILES string of the molecule is COC(C)(C)C.N#CC1(N)CN(C=O)C1. The number of carbonyl (C=O) groups is 1. The summed E-state index contributed by atoms with van der Waals surface area (Å²) in [4.78, 5) is 11.4. The molecule has 0 radical (unpaired) electrons. The summed E-state index contributed by atoms with van der Waals surface area (Å²) in [5.41, 5.74) is 4.69. The van der Waals surface area contributed by atoms with Gasteiger partial charge in [0.2, 0.25) is 6.41 Å². The van der Waals surface area contributed by atoms with Crippen LogP contribution in [0.4, 0.5) is 0 Å². The molecule has 1 aliphatic rings. The number of nitriles is 1. The summed E-state index contributed by atoms with van der Waals surface area (Å²) in [6, 6.07) is 1.92. The van der Waals surface area contributed by atoms with Gasteiger partial charge in [-0.05, 0) is 20.8 Å². The lowest BCUT2D eigenvalue weighted by atomic mass is 9.94. The van der Waals surface area contributed by atoms with E-state index >= 15 is 0 Å². The number of likely N-dealkylation sites (tertiary alicyclic amines) is 1. The van der Waals surface area contributed by atoms with Crippen LogP contribution in [0.2, 0.25) is 0 Å². The van der Waals surface area contributed by atoms with E-state index in [0.717, 1.165) is 0 Å². The number of ether oxygens (including phenoxy) is 1. The minimum absolute atomic E-state index is 0.0417. The summed E-state index contributed by atoms with van der Waals surface area (Å²) in [5.74, 6) is 0. The number of rotatable bonds is 1. The van der Waals surface area contributed by atoms with Crippen LogP contribution in [0.25, 0.3) is 0 Å². The third kappa shape index (κ3) is 5.35. The molecule has 0 aromatic rings. The minimum Gasteiger partial charge on any atom is -0.379 e. The molecule has 1 amide bonds. The second-order valence-corrected chi connectivity index (χ2v) is 4.59. The summed E-state index contributed by atoms with van der Waals surface area (Å²) >= 11 is 0. The van der Waals surface area contributed by atoms with Gasteiger partial charge in [-0.2, -0.15) is 5.26 Å². The van der Waals surface area contributed by atoms with Gasteiger partial charge < -0.3 is 15.4 Å². The lowest BCUT2D eigenvalue weighted by molar-refractivity contribution is -0.123. The van der Waals surface area contributed by atoms with Gasteiger partial charge in [0.1, 0.15) is 5.54 Å². The first-order chi connectivity index (χ1) is 6.76. The van der Waals surface area contributed by atoms with E-state index in [2.05, 4.69) is 0 Å². The molecular weight excluding hydrogens is 194 g/mol. The van der Waals surface area contributed by atoms with E-state index < -0.39 is 5.54 Å². The van der Waals surface area contributed by atoms with Crippen LogP contribution < -0.4 is 5.73 Å². The highest BCUT2D eigenvalue weighted by atomic mass is 16.5. The Hall–Kier alpha value is -1.12. The fraction of sp³-hybridized carbons (Fsp3) is 0.800. The average molecular weight is 213 g/mol. The van der Waals surface area contributed by atoms with Gasteiger partial charge in [0.25, 0.3) is 0 Å². The summed E-state index contributed by atoms with van der Waals surface area (Å²) in [5, 5.41) is 8.34. The van der Waals surface area contributed by atoms with E-state index in [1.807, 2.05) is 26.8 Å². The Bertz CT molecular complexity index is 246. The molecule has 1 rings (SSSR count). The van der Waals surface area contributed by atoms with Crippen molar-refractivity contribution in [2.45, 2.75) is 31.9 Å². The molecular formula is C10H19N3O2. The Labute approximate surface area is 90.8 Å². The first-order valence-corrected chi connectivity index (χ1v) is 4.71. The van der Waals surface area contributed by atoms with Gasteiger partial charge in [-0.1, -0.05) is 0 Å². The standard InChI is InChI=1S/C5H7N3O.C5H12O/c6-1-5(7)2-8(3-5)4-9;1-5(2,3)6-4/h4H,2-3,7H2;1-4H3. The zero-order valence-electron chi connectivity index (χ0n) is 9.78. The van der Waals surface area contributed by atoms with Crippen molar-refractivity contribution in [1.82, 2.24) is 4.90 Å². The first kappa shape index (κ1) is 13.9. The molecule has 0 saturated carbocycles. The molecule has 1 saturated heterocycles. The molecule has 0 bridgehead atoms. The van der Waals surface area contributed by atoms with Crippen LogP contribution in [0, 0.1) is 11.3 Å². The van der Waals surface area contributed by atoms with Crippen LogP contribution in [0.15, 0.2) is 0 Å². The van der Waals surface area contributed by atoms with Gasteiger partial charge >= 0.3 is 0 Å². The molecule has 1 heterocycles. The fourth-order valence-electron chi connectivity index (χ4n) is 0.824. The highest BCUT2D eigenvalue weighted by molar-refractivity contribution is 5.51. The van der Waals surface area contributed by atoms with Crippen molar-refractivity contribution in [3.8, 4) is 6.07 Å². The van der Waals surface area contributed by atoms with Gasteiger partial charge in [0.15, 0.2) is 0 Å². The molecule has 5 nitrogen and oxygen atoms in total. The molecule has 5 heteroatoms. The van der Waals surface area contributed by atoms with Crippen LogP contribution in [-0.2, 0) is 9.53 Å². The zero-order valence-corrected chi connectivity index (χ0v) is 9.78. The smallest absolute Gasteiger partial charge is 0.209 e. The fourth-order valence-corrected chi connectivity index (χ4v) is 0.824. The Balaban J connectivity index is 0.000000288. The topological polar surface area (TPSA) is 79.3 Å². The van der Waals surface area contributed by atoms with Crippen molar-refractivity contribution in [3.05, 3.63) is 0 Å². The van der Waals surface area contributed by atoms with Crippen molar-refractivity contribution < 1.29 is 9.53 Å². The first-order valence-electron chi connectivity index (χ1n) is 4.71. The number of amides is 1. The van der Waals surface area contributed by atoms with Crippen LogP contribution >= 0.6 is 0 Å². The summed E-state index contributed by atoms with van der Waals surface area (Å²) in [6.07, 6.45) is 0.697. The molecule has 0 aromatic heterocycles. The second kappa shape index (κ2) is 5.10. The molecule has 1 aliphatic heterocycles. The number of carbonyl (C=O) groups excluding carboxylic acids is 1. The van der Waals surface area contributed by atoms with E-state index in [4.69, 9.17) is 15.7 Å². The quantitative estimate of drug-likeness (QED) is 0.627. The van der Waals surface area contributed by atoms with E-state index in [9.17, 15) is 4.79 Å². The number of nitrogens with two attached hydrogens (primary N) is 1. The van der Waals surface area contributed by atoms with Crippen LogP contribution in [0.5, 0.6) is 0 Å². The van der Waals surface area contributed by atoms with E-state index in [0.29, 0.717) is 19.5 Å². The molecule has 0 atom stereocenters. The highest BCUT2D eigenvalue weighted by Crippen LogP contribution is 2.13. The third-order valence-corrected chi connectivity index (χ3v) is 1.95. The molecule has 0 aromatic carbocycles. The summed E-state index contributed by atoms with van der Waals surface area (Å²) in [6.45, 7) is 6.80. The Morgan fingerprint density at radius 3 is 2.13 bits per heavy atom. The van der Waals surface area contributed by atoms with Gasteiger partial charge in [0, 0.05) is 7.11 Å². The van der Waals surface area contributed by atoms with Crippen molar-refractivity contribution in [2.24, 2.45) is 5.73 Å². The number of methoxy groups -OCH3 is 1. The summed E-state index contributed by atoms with van der Waals surface area (Å²) in [7, 11) is 1.71. The Kier molecular flexibility index (Phi) is 4.72. The van der Waals surface area contributed by atoms with Crippen LogP contribution in [0.3, 0.4) is 0 Å². The highest BCUT2D eigenvalue weighted by Gasteiger charge is 2.38. The molecule has 0 unspecified atom stereocenters. The van der Waals surface area contributed by atoms with Gasteiger partial charge in [-0.3, -0.25) is 4.79 Å². The molecule has 2 N–H and O–H groups in total. The maximum Gasteiger partial charge on any atom is 0.209 e. The van der Waals surface area contributed by atoms with Crippen molar-refractivity contribution in [1.29, 1.82) is 5.26 Å². The molecule has 1 fully saturated rings. The molecule has 86 valence electrons.